The van der Waals surface area contributed by atoms with E-state index in [0.717, 1.165) is 22.3 Å². The molecule has 2 atom stereocenters. The maximum Gasteiger partial charge on any atom is 0.258 e. The summed E-state index contributed by atoms with van der Waals surface area (Å²) in [6.45, 7) is 0. The van der Waals surface area contributed by atoms with Crippen molar-refractivity contribution in [2.75, 3.05) is 0 Å². The van der Waals surface area contributed by atoms with Crippen molar-refractivity contribution in [2.45, 2.75) is 23.9 Å². The van der Waals surface area contributed by atoms with Crippen molar-refractivity contribution >= 4 is 33.8 Å². The third-order valence-corrected chi connectivity index (χ3v) is 9.27. The normalized spacial score (nSPS) is 19.4. The molecule has 2 unspecified atom stereocenters. The fourth-order valence-corrected chi connectivity index (χ4v) is 7.83. The minimum atomic E-state index is -0.614. The van der Waals surface area contributed by atoms with Crippen molar-refractivity contribution in [3.05, 3.63) is 144 Å². The smallest absolute Gasteiger partial charge is 0.258 e. The third-order valence-electron chi connectivity index (χ3n) is 6.91. The van der Waals surface area contributed by atoms with Gasteiger partial charge in [-0.2, -0.15) is 0 Å². The lowest BCUT2D eigenvalue weighted by molar-refractivity contribution is -0.150. The molecule has 0 aliphatic carbocycles. The first kappa shape index (κ1) is 23.0. The topological polar surface area (TPSA) is 40.6 Å². The summed E-state index contributed by atoms with van der Waals surface area (Å²) >= 11 is 0. The number of carbonyl (C=O) groups excluding carboxylic acids is 2. The minimum Gasteiger partial charge on any atom is -0.271 e. The predicted octanol–water partition coefficient (Wildman–Crippen LogP) is 6.28. The summed E-state index contributed by atoms with van der Waals surface area (Å²) < 4.78 is 3.47. The Morgan fingerprint density at radius 1 is 0.444 bits per heavy atom. The van der Waals surface area contributed by atoms with Crippen LogP contribution >= 0.6 is 22.0 Å². The van der Waals surface area contributed by atoms with Crippen molar-refractivity contribution in [3.8, 4) is 0 Å². The van der Waals surface area contributed by atoms with Gasteiger partial charge in [-0.15, -0.1) is 0 Å². The molecule has 3 fully saturated rings. The summed E-state index contributed by atoms with van der Waals surface area (Å²) in [6, 6.07) is 38.9. The van der Waals surface area contributed by atoms with Gasteiger partial charge in [0.2, 0.25) is 0 Å². The highest BCUT2D eigenvalue weighted by Gasteiger charge is 2.57. The van der Waals surface area contributed by atoms with Gasteiger partial charge < -0.3 is 0 Å². The Bertz CT molecular complexity index is 1170. The molecule has 4 nitrogen and oxygen atoms in total. The van der Waals surface area contributed by atoms with Gasteiger partial charge in [0.25, 0.3) is 11.8 Å². The standard InChI is InChI=1S/C30H24N2O2S2/c33-29-27(25(21-13-5-1-6-14-21)22-15-7-2-8-16-22)31-30(34)28(32(29)36-35-31)26(23-17-9-3-10-18-23)24-19-11-4-12-20-24/h1-20,25-28H. The van der Waals surface area contributed by atoms with Gasteiger partial charge in [0.1, 0.15) is 12.1 Å². The summed E-state index contributed by atoms with van der Waals surface area (Å²) in [5, 5.41) is 0. The second-order valence-corrected chi connectivity index (χ2v) is 10.9. The van der Waals surface area contributed by atoms with Crippen LogP contribution in [0.2, 0.25) is 0 Å². The lowest BCUT2D eigenvalue weighted by atomic mass is 9.80. The van der Waals surface area contributed by atoms with E-state index in [1.54, 1.807) is 8.61 Å². The molecule has 3 aliphatic heterocycles. The Morgan fingerprint density at radius 3 is 0.944 bits per heavy atom. The number of rotatable bonds is 6. The maximum absolute atomic E-state index is 14.2. The van der Waals surface area contributed by atoms with Crippen LogP contribution < -0.4 is 0 Å². The highest BCUT2D eigenvalue weighted by atomic mass is 33.1. The number of amides is 2. The molecule has 3 saturated heterocycles. The Kier molecular flexibility index (Phi) is 6.30. The van der Waals surface area contributed by atoms with Crippen molar-refractivity contribution in [2.24, 2.45) is 0 Å². The highest BCUT2D eigenvalue weighted by molar-refractivity contribution is 8.75. The molecule has 0 radical (unpaired) electrons. The van der Waals surface area contributed by atoms with Crippen molar-refractivity contribution in [1.82, 2.24) is 8.61 Å². The molecule has 3 aliphatic rings. The summed E-state index contributed by atoms with van der Waals surface area (Å²) in [4.78, 5) is 28.4. The first-order valence-electron chi connectivity index (χ1n) is 11.9. The molecule has 178 valence electrons. The predicted molar refractivity (Wildman–Crippen MR) is 146 cm³/mol. The SMILES string of the molecule is O=C1C(C(c2ccccc2)c2ccccc2)N2SSN1C(C(c1ccccc1)c1ccccc1)C2=O. The summed E-state index contributed by atoms with van der Waals surface area (Å²) in [7, 11) is 2.74. The van der Waals surface area contributed by atoms with Crippen LogP contribution in [0.4, 0.5) is 0 Å². The number of hydrogen-bond donors (Lipinski definition) is 0. The molecular weight excluding hydrogens is 484 g/mol. The fraction of sp³-hybridized carbons (Fsp3) is 0.133. The molecule has 7 rings (SSSR count). The van der Waals surface area contributed by atoms with Crippen molar-refractivity contribution < 1.29 is 9.59 Å². The van der Waals surface area contributed by atoms with E-state index in [1.807, 2.05) is 121 Å². The summed E-state index contributed by atoms with van der Waals surface area (Å²) in [5.41, 5.74) is 4.09. The van der Waals surface area contributed by atoms with Crippen LogP contribution in [0.15, 0.2) is 121 Å². The maximum atomic E-state index is 14.2. The molecule has 36 heavy (non-hydrogen) atoms. The zero-order valence-corrected chi connectivity index (χ0v) is 21.0. The number of hydrogen-bond acceptors (Lipinski definition) is 4. The molecule has 0 spiro atoms. The van der Waals surface area contributed by atoms with Gasteiger partial charge in [0.05, 0.1) is 0 Å². The van der Waals surface area contributed by atoms with E-state index in [-0.39, 0.29) is 23.7 Å². The largest absolute Gasteiger partial charge is 0.271 e. The Labute approximate surface area is 219 Å². The fourth-order valence-electron chi connectivity index (χ4n) is 5.29. The Balaban J connectivity index is 1.44. The third kappa shape index (κ3) is 4.00. The molecule has 4 aromatic carbocycles. The van der Waals surface area contributed by atoms with Crippen LogP contribution in [0, 0.1) is 0 Å². The van der Waals surface area contributed by atoms with Gasteiger partial charge in [0, 0.05) is 33.8 Å². The van der Waals surface area contributed by atoms with Crippen LogP contribution in [0.3, 0.4) is 0 Å². The van der Waals surface area contributed by atoms with Gasteiger partial charge in [-0.25, -0.2) is 0 Å². The highest BCUT2D eigenvalue weighted by Crippen LogP contribution is 2.52. The van der Waals surface area contributed by atoms with Gasteiger partial charge in [-0.1, -0.05) is 121 Å². The lowest BCUT2D eigenvalue weighted by Crippen LogP contribution is -2.66. The van der Waals surface area contributed by atoms with E-state index in [0.29, 0.717) is 0 Å². The zero-order chi connectivity index (χ0) is 24.5. The molecular formula is C30H24N2O2S2. The number of fused-ring (bicyclic) bond motifs is 3. The van der Waals surface area contributed by atoms with Crippen LogP contribution in [-0.4, -0.2) is 32.5 Å². The molecule has 0 N–H and O–H groups in total. The minimum absolute atomic E-state index is 0.0297. The zero-order valence-electron chi connectivity index (χ0n) is 19.4. The monoisotopic (exact) mass is 508 g/mol. The van der Waals surface area contributed by atoms with Gasteiger partial charge in [0.15, 0.2) is 0 Å². The van der Waals surface area contributed by atoms with E-state index in [4.69, 9.17) is 0 Å². The van der Waals surface area contributed by atoms with E-state index < -0.39 is 12.1 Å². The average molecular weight is 509 g/mol. The van der Waals surface area contributed by atoms with E-state index in [1.165, 1.54) is 22.0 Å². The van der Waals surface area contributed by atoms with E-state index in [2.05, 4.69) is 0 Å². The van der Waals surface area contributed by atoms with Gasteiger partial charge in [-0.05, 0) is 22.3 Å². The molecule has 0 aromatic heterocycles. The van der Waals surface area contributed by atoms with Gasteiger partial charge >= 0.3 is 0 Å². The van der Waals surface area contributed by atoms with Crippen LogP contribution in [0.25, 0.3) is 0 Å². The van der Waals surface area contributed by atoms with Crippen LogP contribution in [-0.2, 0) is 9.59 Å². The second kappa shape index (κ2) is 9.88. The Morgan fingerprint density at radius 2 is 0.694 bits per heavy atom. The average Bonchev–Trinajstić information content (AvgIpc) is 2.94. The number of piperazine rings is 1. The lowest BCUT2D eigenvalue weighted by Gasteiger charge is -2.52. The van der Waals surface area contributed by atoms with Crippen molar-refractivity contribution in [3.63, 3.8) is 0 Å². The van der Waals surface area contributed by atoms with E-state index in [9.17, 15) is 9.59 Å². The van der Waals surface area contributed by atoms with Crippen LogP contribution in [0.1, 0.15) is 34.1 Å². The second-order valence-electron chi connectivity index (χ2n) is 8.96. The number of carbonyl (C=O) groups is 2. The Hall–Kier alpha value is -3.48. The molecule has 6 heteroatoms. The molecule has 4 aromatic rings. The molecule has 3 heterocycles. The molecule has 0 saturated carbocycles. The number of benzene rings is 4. The quantitative estimate of drug-likeness (QED) is 0.227. The first-order valence-corrected chi connectivity index (χ1v) is 14.0. The van der Waals surface area contributed by atoms with Gasteiger partial charge in [-0.3, -0.25) is 18.2 Å². The first-order chi connectivity index (χ1) is 17.7. The summed E-state index contributed by atoms with van der Waals surface area (Å²) in [6.07, 6.45) is 0. The molecule has 2 amide bonds. The van der Waals surface area contributed by atoms with E-state index >= 15 is 0 Å². The van der Waals surface area contributed by atoms with Crippen molar-refractivity contribution in [1.29, 1.82) is 0 Å². The molecule has 2 bridgehead atoms. The number of nitrogens with zero attached hydrogens (tertiary/aromatic N) is 2. The van der Waals surface area contributed by atoms with Crippen LogP contribution in [0.5, 0.6) is 0 Å². The summed E-state index contributed by atoms with van der Waals surface area (Å²) in [5.74, 6) is -0.573.